The number of hydrogen-bond acceptors (Lipinski definition) is 5. The third-order valence-corrected chi connectivity index (χ3v) is 5.24. The number of methoxy groups -OCH3 is 1. The largest absolute Gasteiger partial charge is 0.497 e. The SMILES string of the molecule is COc1ccc2c(c1)c(O)nn2Cc1ccc(OCc2ccc3ccccc3n2)cc1.Cl.Cl. The van der Waals surface area contributed by atoms with Gasteiger partial charge in [0.05, 0.1) is 35.8 Å². The highest BCUT2D eigenvalue weighted by Crippen LogP contribution is 2.28. The normalized spacial score (nSPS) is 10.5. The van der Waals surface area contributed by atoms with Crippen LogP contribution in [0.2, 0.25) is 0 Å². The Morgan fingerprint density at radius 2 is 1.64 bits per heavy atom. The van der Waals surface area contributed by atoms with Crippen LogP contribution in [-0.4, -0.2) is 27.0 Å². The van der Waals surface area contributed by atoms with Crippen LogP contribution < -0.4 is 9.47 Å². The van der Waals surface area contributed by atoms with E-state index in [4.69, 9.17) is 9.47 Å². The lowest BCUT2D eigenvalue weighted by Gasteiger charge is -2.08. The molecule has 0 aliphatic rings. The van der Waals surface area contributed by atoms with Gasteiger partial charge in [-0.1, -0.05) is 36.4 Å². The predicted octanol–water partition coefficient (Wildman–Crippen LogP) is 5.77. The van der Waals surface area contributed by atoms with E-state index in [2.05, 4.69) is 16.1 Å². The molecule has 1 N–H and O–H groups in total. The number of aromatic nitrogens is 3. The number of para-hydroxylation sites is 1. The minimum absolute atomic E-state index is 0. The van der Waals surface area contributed by atoms with Crippen molar-refractivity contribution in [1.82, 2.24) is 14.8 Å². The fourth-order valence-corrected chi connectivity index (χ4v) is 3.60. The molecule has 0 fully saturated rings. The van der Waals surface area contributed by atoms with Gasteiger partial charge >= 0.3 is 0 Å². The van der Waals surface area contributed by atoms with Gasteiger partial charge in [-0.2, -0.15) is 0 Å². The molecular formula is C25H23Cl2N3O3. The second-order valence-corrected chi connectivity index (χ2v) is 7.29. The first kappa shape index (κ1) is 24.2. The Labute approximate surface area is 203 Å². The maximum Gasteiger partial charge on any atom is 0.238 e. The van der Waals surface area contributed by atoms with Crippen molar-refractivity contribution in [3.05, 3.63) is 90.1 Å². The molecule has 0 bridgehead atoms. The van der Waals surface area contributed by atoms with E-state index in [0.717, 1.165) is 33.4 Å². The minimum Gasteiger partial charge on any atom is -0.497 e. The Bertz CT molecular complexity index is 1370. The molecule has 0 amide bonds. The molecule has 0 unspecified atom stereocenters. The molecule has 0 spiro atoms. The van der Waals surface area contributed by atoms with Crippen LogP contribution in [0.15, 0.2) is 78.9 Å². The number of benzene rings is 3. The van der Waals surface area contributed by atoms with E-state index in [1.807, 2.05) is 66.7 Å². The van der Waals surface area contributed by atoms with Gasteiger partial charge in [0.2, 0.25) is 5.88 Å². The lowest BCUT2D eigenvalue weighted by atomic mass is 10.2. The third-order valence-electron chi connectivity index (χ3n) is 5.24. The summed E-state index contributed by atoms with van der Waals surface area (Å²) >= 11 is 0. The number of hydrogen-bond donors (Lipinski definition) is 1. The Hall–Kier alpha value is -3.48. The molecule has 0 saturated heterocycles. The molecule has 33 heavy (non-hydrogen) atoms. The summed E-state index contributed by atoms with van der Waals surface area (Å²) in [6.45, 7) is 0.944. The van der Waals surface area contributed by atoms with E-state index in [-0.39, 0.29) is 30.7 Å². The van der Waals surface area contributed by atoms with E-state index >= 15 is 0 Å². The molecule has 0 atom stereocenters. The summed E-state index contributed by atoms with van der Waals surface area (Å²) in [5.74, 6) is 1.46. The molecule has 6 nitrogen and oxygen atoms in total. The van der Waals surface area contributed by atoms with Gasteiger partial charge in [0.1, 0.15) is 18.1 Å². The van der Waals surface area contributed by atoms with Crippen LogP contribution in [0.3, 0.4) is 0 Å². The Morgan fingerprint density at radius 3 is 2.42 bits per heavy atom. The van der Waals surface area contributed by atoms with Gasteiger partial charge in [0.15, 0.2) is 0 Å². The lowest BCUT2D eigenvalue weighted by molar-refractivity contribution is 0.301. The summed E-state index contributed by atoms with van der Waals surface area (Å²) in [4.78, 5) is 4.64. The van der Waals surface area contributed by atoms with Crippen molar-refractivity contribution in [2.45, 2.75) is 13.2 Å². The van der Waals surface area contributed by atoms with Gasteiger partial charge in [-0.05, 0) is 48.0 Å². The molecule has 3 aromatic carbocycles. The summed E-state index contributed by atoms with van der Waals surface area (Å²) < 4.78 is 12.9. The number of ether oxygens (including phenoxy) is 2. The fraction of sp³-hybridized carbons (Fsp3) is 0.120. The van der Waals surface area contributed by atoms with Crippen LogP contribution in [0.25, 0.3) is 21.8 Å². The predicted molar refractivity (Wildman–Crippen MR) is 134 cm³/mol. The lowest BCUT2D eigenvalue weighted by Crippen LogP contribution is -2.02. The van der Waals surface area contributed by atoms with E-state index in [1.165, 1.54) is 0 Å². The summed E-state index contributed by atoms with van der Waals surface area (Å²) in [6.07, 6.45) is 0. The van der Waals surface area contributed by atoms with Gasteiger partial charge in [-0.25, -0.2) is 4.98 Å². The van der Waals surface area contributed by atoms with E-state index < -0.39 is 0 Å². The average molecular weight is 484 g/mol. The summed E-state index contributed by atoms with van der Waals surface area (Å²) in [7, 11) is 1.60. The van der Waals surface area contributed by atoms with Gasteiger partial charge < -0.3 is 14.6 Å². The topological polar surface area (TPSA) is 69.4 Å². The first-order valence-corrected chi connectivity index (χ1v) is 9.99. The summed E-state index contributed by atoms with van der Waals surface area (Å²) in [5.41, 5.74) is 3.75. The van der Waals surface area contributed by atoms with Crippen molar-refractivity contribution in [1.29, 1.82) is 0 Å². The summed E-state index contributed by atoms with van der Waals surface area (Å²) in [6, 6.07) is 25.5. The van der Waals surface area contributed by atoms with Crippen LogP contribution >= 0.6 is 24.8 Å². The highest BCUT2D eigenvalue weighted by Gasteiger charge is 2.11. The van der Waals surface area contributed by atoms with Crippen molar-refractivity contribution >= 4 is 46.6 Å². The molecule has 8 heteroatoms. The van der Waals surface area contributed by atoms with Crippen LogP contribution in [0, 0.1) is 0 Å². The first-order valence-electron chi connectivity index (χ1n) is 9.99. The number of rotatable bonds is 6. The molecule has 5 rings (SSSR count). The Kier molecular flexibility index (Phi) is 7.63. The Balaban J connectivity index is 0.00000153. The molecule has 2 heterocycles. The van der Waals surface area contributed by atoms with Crippen molar-refractivity contribution in [3.8, 4) is 17.4 Å². The van der Waals surface area contributed by atoms with Crippen LogP contribution in [-0.2, 0) is 13.2 Å². The molecule has 170 valence electrons. The van der Waals surface area contributed by atoms with Gasteiger partial charge in [-0.3, -0.25) is 4.68 Å². The van der Waals surface area contributed by atoms with Crippen molar-refractivity contribution in [3.63, 3.8) is 0 Å². The highest BCUT2D eigenvalue weighted by atomic mass is 35.5. The average Bonchev–Trinajstić information content (AvgIpc) is 3.12. The van der Waals surface area contributed by atoms with Gasteiger partial charge in [0.25, 0.3) is 0 Å². The molecular weight excluding hydrogens is 461 g/mol. The van der Waals surface area contributed by atoms with Gasteiger partial charge in [0, 0.05) is 5.39 Å². The van der Waals surface area contributed by atoms with E-state index in [0.29, 0.717) is 24.3 Å². The highest BCUT2D eigenvalue weighted by molar-refractivity contribution is 5.86. The maximum atomic E-state index is 10.2. The zero-order chi connectivity index (χ0) is 21.2. The third kappa shape index (κ3) is 5.13. The second kappa shape index (κ2) is 10.4. The summed E-state index contributed by atoms with van der Waals surface area (Å²) in [5, 5.41) is 16.2. The van der Waals surface area contributed by atoms with Crippen LogP contribution in [0.5, 0.6) is 17.4 Å². The zero-order valence-electron chi connectivity index (χ0n) is 17.8. The number of halogens is 2. The number of fused-ring (bicyclic) bond motifs is 2. The number of nitrogens with zero attached hydrogens (tertiary/aromatic N) is 3. The monoisotopic (exact) mass is 483 g/mol. The zero-order valence-corrected chi connectivity index (χ0v) is 19.5. The Morgan fingerprint density at radius 1 is 0.879 bits per heavy atom. The fourth-order valence-electron chi connectivity index (χ4n) is 3.60. The molecule has 0 aliphatic heterocycles. The second-order valence-electron chi connectivity index (χ2n) is 7.29. The first-order chi connectivity index (χ1) is 15.2. The maximum absolute atomic E-state index is 10.2. The van der Waals surface area contributed by atoms with Crippen molar-refractivity contribution < 1.29 is 14.6 Å². The van der Waals surface area contributed by atoms with Crippen LogP contribution in [0.1, 0.15) is 11.3 Å². The smallest absolute Gasteiger partial charge is 0.238 e. The number of aromatic hydroxyl groups is 1. The van der Waals surface area contributed by atoms with Crippen LogP contribution in [0.4, 0.5) is 0 Å². The quantitative estimate of drug-likeness (QED) is 0.332. The number of pyridine rings is 1. The minimum atomic E-state index is -0.00302. The van der Waals surface area contributed by atoms with E-state index in [9.17, 15) is 5.11 Å². The molecule has 0 saturated carbocycles. The molecule has 5 aromatic rings. The van der Waals surface area contributed by atoms with Crippen molar-refractivity contribution in [2.75, 3.05) is 7.11 Å². The van der Waals surface area contributed by atoms with Gasteiger partial charge in [-0.15, -0.1) is 29.9 Å². The molecule has 0 radical (unpaired) electrons. The standard InChI is InChI=1S/C25H21N3O3.2ClH/c1-30-21-12-13-24-22(14-21)25(29)27-28(24)15-17-6-10-20(11-7-17)31-16-19-9-8-18-4-2-3-5-23(18)26-19;;/h2-14H,15-16H2,1H3,(H,27,29);2*1H. The molecule has 2 aromatic heterocycles. The van der Waals surface area contributed by atoms with Crippen molar-refractivity contribution in [2.24, 2.45) is 0 Å². The van der Waals surface area contributed by atoms with E-state index in [1.54, 1.807) is 17.9 Å². The molecule has 0 aliphatic carbocycles.